The van der Waals surface area contributed by atoms with Crippen molar-refractivity contribution in [2.45, 2.75) is 31.5 Å². The van der Waals surface area contributed by atoms with E-state index in [0.717, 1.165) is 19.4 Å². The van der Waals surface area contributed by atoms with Crippen LogP contribution >= 0.6 is 0 Å². The largest absolute Gasteiger partial charge is 0.392 e. The predicted octanol–water partition coefficient (Wildman–Crippen LogP) is 0.0330. The zero-order valence-electron chi connectivity index (χ0n) is 7.77. The van der Waals surface area contributed by atoms with Crippen LogP contribution in [0.3, 0.4) is 0 Å². The molecule has 1 aliphatic rings. The van der Waals surface area contributed by atoms with E-state index in [1.54, 1.807) is 4.68 Å². The van der Waals surface area contributed by atoms with Crippen LogP contribution in [-0.2, 0) is 13.6 Å². The van der Waals surface area contributed by atoms with Crippen molar-refractivity contribution in [3.8, 4) is 0 Å². The lowest BCUT2D eigenvalue weighted by atomic mass is 9.89. The van der Waals surface area contributed by atoms with Gasteiger partial charge in [-0.1, -0.05) is 0 Å². The van der Waals surface area contributed by atoms with E-state index in [2.05, 4.69) is 10.4 Å². The van der Waals surface area contributed by atoms with Gasteiger partial charge in [-0.3, -0.25) is 4.68 Å². The summed E-state index contributed by atoms with van der Waals surface area (Å²) in [6.45, 7) is 0.801. The first kappa shape index (κ1) is 8.72. The lowest BCUT2D eigenvalue weighted by Gasteiger charge is -2.33. The predicted molar refractivity (Wildman–Crippen MR) is 49.1 cm³/mol. The molecule has 1 aliphatic carbocycles. The minimum absolute atomic E-state index is 0.142. The van der Waals surface area contributed by atoms with E-state index < -0.39 is 0 Å². The molecule has 2 rings (SSSR count). The van der Waals surface area contributed by atoms with Gasteiger partial charge in [-0.25, -0.2) is 0 Å². The smallest absolute Gasteiger partial charge is 0.0693 e. The SMILES string of the molecule is Cn1cc(CNC2CCC2O)cn1. The number of rotatable bonds is 3. The highest BCUT2D eigenvalue weighted by Gasteiger charge is 2.27. The fraction of sp³-hybridized carbons (Fsp3) is 0.667. The molecular weight excluding hydrogens is 166 g/mol. The van der Waals surface area contributed by atoms with Crippen LogP contribution in [0.1, 0.15) is 18.4 Å². The van der Waals surface area contributed by atoms with E-state index in [0.29, 0.717) is 6.04 Å². The van der Waals surface area contributed by atoms with Gasteiger partial charge in [-0.2, -0.15) is 5.10 Å². The second-order valence-corrected chi connectivity index (χ2v) is 3.65. The van der Waals surface area contributed by atoms with Crippen LogP contribution in [-0.4, -0.2) is 27.0 Å². The molecule has 2 N–H and O–H groups in total. The lowest BCUT2D eigenvalue weighted by molar-refractivity contribution is 0.0493. The number of hydrogen-bond acceptors (Lipinski definition) is 3. The number of aliphatic hydroxyl groups excluding tert-OH is 1. The van der Waals surface area contributed by atoms with Gasteiger partial charge >= 0.3 is 0 Å². The quantitative estimate of drug-likeness (QED) is 0.692. The Balaban J connectivity index is 1.79. The summed E-state index contributed by atoms with van der Waals surface area (Å²) in [5, 5.41) is 16.7. The first-order chi connectivity index (χ1) is 6.25. The summed E-state index contributed by atoms with van der Waals surface area (Å²) in [5.74, 6) is 0. The van der Waals surface area contributed by atoms with Crippen molar-refractivity contribution in [2.75, 3.05) is 0 Å². The molecule has 2 unspecified atom stereocenters. The Hall–Kier alpha value is -0.870. The highest BCUT2D eigenvalue weighted by molar-refractivity contribution is 5.04. The van der Waals surface area contributed by atoms with Gasteiger partial charge in [0.05, 0.1) is 12.3 Å². The highest BCUT2D eigenvalue weighted by atomic mass is 16.3. The molecule has 1 saturated carbocycles. The zero-order chi connectivity index (χ0) is 9.26. The summed E-state index contributed by atoms with van der Waals surface area (Å²) in [7, 11) is 1.90. The molecule has 0 aromatic carbocycles. The molecule has 4 heteroatoms. The van der Waals surface area contributed by atoms with Gasteiger partial charge in [0.2, 0.25) is 0 Å². The van der Waals surface area contributed by atoms with E-state index >= 15 is 0 Å². The first-order valence-corrected chi connectivity index (χ1v) is 4.64. The molecule has 0 bridgehead atoms. The molecule has 2 atom stereocenters. The third-order valence-corrected chi connectivity index (χ3v) is 2.56. The molecule has 1 heterocycles. The van der Waals surface area contributed by atoms with Gasteiger partial charge in [0.15, 0.2) is 0 Å². The summed E-state index contributed by atoms with van der Waals surface area (Å²) in [6.07, 6.45) is 5.71. The van der Waals surface area contributed by atoms with Crippen molar-refractivity contribution < 1.29 is 5.11 Å². The summed E-state index contributed by atoms with van der Waals surface area (Å²) in [5.41, 5.74) is 1.17. The molecule has 1 fully saturated rings. The Morgan fingerprint density at radius 2 is 2.54 bits per heavy atom. The van der Waals surface area contributed by atoms with Crippen molar-refractivity contribution >= 4 is 0 Å². The molecule has 4 nitrogen and oxygen atoms in total. The lowest BCUT2D eigenvalue weighted by Crippen LogP contribution is -2.47. The maximum atomic E-state index is 9.31. The summed E-state index contributed by atoms with van der Waals surface area (Å²) >= 11 is 0. The highest BCUT2D eigenvalue weighted by Crippen LogP contribution is 2.19. The number of nitrogens with zero attached hydrogens (tertiary/aromatic N) is 2. The maximum absolute atomic E-state index is 9.31. The van der Waals surface area contributed by atoms with Crippen molar-refractivity contribution in [3.05, 3.63) is 18.0 Å². The van der Waals surface area contributed by atoms with Gasteiger partial charge in [0.25, 0.3) is 0 Å². The fourth-order valence-electron chi connectivity index (χ4n) is 1.53. The number of aromatic nitrogens is 2. The first-order valence-electron chi connectivity index (χ1n) is 4.64. The van der Waals surface area contributed by atoms with Crippen molar-refractivity contribution in [3.63, 3.8) is 0 Å². The normalized spacial score (nSPS) is 27.2. The van der Waals surface area contributed by atoms with E-state index in [4.69, 9.17) is 0 Å². The fourth-order valence-corrected chi connectivity index (χ4v) is 1.53. The van der Waals surface area contributed by atoms with Crippen LogP contribution < -0.4 is 5.32 Å². The molecule has 0 spiro atoms. The van der Waals surface area contributed by atoms with E-state index in [1.807, 2.05) is 19.4 Å². The van der Waals surface area contributed by atoms with Crippen LogP contribution in [0, 0.1) is 0 Å². The Labute approximate surface area is 77.6 Å². The zero-order valence-corrected chi connectivity index (χ0v) is 7.77. The average Bonchev–Trinajstić information content (AvgIpc) is 2.49. The topological polar surface area (TPSA) is 50.1 Å². The summed E-state index contributed by atoms with van der Waals surface area (Å²) in [4.78, 5) is 0. The molecule has 1 aromatic heterocycles. The third-order valence-electron chi connectivity index (χ3n) is 2.56. The van der Waals surface area contributed by atoms with Crippen molar-refractivity contribution in [1.29, 1.82) is 0 Å². The minimum Gasteiger partial charge on any atom is -0.392 e. The van der Waals surface area contributed by atoms with Crippen LogP contribution in [0.4, 0.5) is 0 Å². The molecule has 1 aromatic rings. The molecule has 0 amide bonds. The molecule has 0 saturated heterocycles. The maximum Gasteiger partial charge on any atom is 0.0693 e. The molecule has 13 heavy (non-hydrogen) atoms. The van der Waals surface area contributed by atoms with Gasteiger partial charge < -0.3 is 10.4 Å². The van der Waals surface area contributed by atoms with Gasteiger partial charge in [-0.15, -0.1) is 0 Å². The number of hydrogen-bond donors (Lipinski definition) is 2. The Morgan fingerprint density at radius 1 is 1.69 bits per heavy atom. The second kappa shape index (κ2) is 3.47. The Morgan fingerprint density at radius 3 is 3.00 bits per heavy atom. The second-order valence-electron chi connectivity index (χ2n) is 3.65. The summed E-state index contributed by atoms with van der Waals surface area (Å²) < 4.78 is 1.79. The van der Waals surface area contributed by atoms with Crippen LogP contribution in [0.5, 0.6) is 0 Å². The minimum atomic E-state index is -0.142. The Kier molecular flexibility index (Phi) is 2.33. The van der Waals surface area contributed by atoms with Gasteiger partial charge in [-0.05, 0) is 12.8 Å². The third kappa shape index (κ3) is 1.89. The van der Waals surface area contributed by atoms with Crippen molar-refractivity contribution in [1.82, 2.24) is 15.1 Å². The van der Waals surface area contributed by atoms with Crippen LogP contribution in [0.25, 0.3) is 0 Å². The molecule has 0 aliphatic heterocycles. The summed E-state index contributed by atoms with van der Waals surface area (Å²) in [6, 6.07) is 0.292. The molecule has 72 valence electrons. The van der Waals surface area contributed by atoms with Crippen molar-refractivity contribution in [2.24, 2.45) is 7.05 Å². The molecule has 0 radical (unpaired) electrons. The van der Waals surface area contributed by atoms with E-state index in [1.165, 1.54) is 5.56 Å². The Bertz CT molecular complexity index is 284. The molecular formula is C9H15N3O. The van der Waals surface area contributed by atoms with E-state index in [9.17, 15) is 5.11 Å². The van der Waals surface area contributed by atoms with Crippen LogP contribution in [0.15, 0.2) is 12.4 Å². The monoisotopic (exact) mass is 181 g/mol. The number of nitrogens with one attached hydrogen (secondary N) is 1. The number of aliphatic hydroxyl groups is 1. The van der Waals surface area contributed by atoms with Crippen LogP contribution in [0.2, 0.25) is 0 Å². The number of aryl methyl sites for hydroxylation is 1. The standard InChI is InChI=1S/C9H15N3O/c1-12-6-7(5-11-12)4-10-8-2-3-9(8)13/h5-6,8-10,13H,2-4H2,1H3. The van der Waals surface area contributed by atoms with Gasteiger partial charge in [0, 0.05) is 31.4 Å². The average molecular weight is 181 g/mol. The van der Waals surface area contributed by atoms with E-state index in [-0.39, 0.29) is 6.10 Å². The van der Waals surface area contributed by atoms with Gasteiger partial charge in [0.1, 0.15) is 0 Å².